The Bertz CT molecular complexity index is 652. The summed E-state index contributed by atoms with van der Waals surface area (Å²) in [6.07, 6.45) is 3.63. The van der Waals surface area contributed by atoms with Gasteiger partial charge in [-0.05, 0) is 24.5 Å². The lowest BCUT2D eigenvalue weighted by molar-refractivity contribution is -0.133. The van der Waals surface area contributed by atoms with Gasteiger partial charge >= 0.3 is 5.97 Å². The Kier molecular flexibility index (Phi) is 3.65. The number of fused-ring (bicyclic) bond motifs is 1. The van der Waals surface area contributed by atoms with Crippen molar-refractivity contribution in [3.05, 3.63) is 24.0 Å². The molecular formula is C14H15FN2O2S. The zero-order valence-corrected chi connectivity index (χ0v) is 11.7. The van der Waals surface area contributed by atoms with Crippen LogP contribution in [0.4, 0.5) is 4.39 Å². The molecule has 1 heterocycles. The first-order valence-corrected chi connectivity index (χ1v) is 7.62. The van der Waals surface area contributed by atoms with Gasteiger partial charge in [0.05, 0.1) is 16.8 Å². The molecule has 2 aromatic rings. The summed E-state index contributed by atoms with van der Waals surface area (Å²) in [7, 11) is 0. The number of carboxylic acids is 1. The molecule has 1 aromatic heterocycles. The lowest BCUT2D eigenvalue weighted by Crippen LogP contribution is -2.04. The molecule has 0 unspecified atom stereocenters. The van der Waals surface area contributed by atoms with Crippen LogP contribution in [0.15, 0.2) is 23.4 Å². The topological polar surface area (TPSA) is 55.1 Å². The Balaban J connectivity index is 1.91. The molecule has 1 aliphatic rings. The van der Waals surface area contributed by atoms with Crippen molar-refractivity contribution in [2.24, 2.45) is 5.92 Å². The number of aryl methyl sites for hydroxylation is 1. The number of imidazole rings is 1. The Labute approximate surface area is 120 Å². The molecule has 106 valence electrons. The van der Waals surface area contributed by atoms with Crippen molar-refractivity contribution in [1.82, 2.24) is 9.55 Å². The highest BCUT2D eigenvalue weighted by Gasteiger charge is 2.22. The number of carboxylic acid groups (broad SMARTS) is 1. The molecule has 0 aliphatic heterocycles. The number of aromatic nitrogens is 2. The van der Waals surface area contributed by atoms with Gasteiger partial charge in [-0.15, -0.1) is 0 Å². The summed E-state index contributed by atoms with van der Waals surface area (Å²) in [6, 6.07) is 4.53. The summed E-state index contributed by atoms with van der Waals surface area (Å²) < 4.78 is 15.3. The molecule has 1 aliphatic carbocycles. The first kappa shape index (κ1) is 13.4. The maximum Gasteiger partial charge on any atom is 0.313 e. The zero-order chi connectivity index (χ0) is 14.1. The van der Waals surface area contributed by atoms with Gasteiger partial charge in [0.1, 0.15) is 5.82 Å². The van der Waals surface area contributed by atoms with Gasteiger partial charge in [0.2, 0.25) is 0 Å². The average molecular weight is 294 g/mol. The minimum absolute atomic E-state index is 0.0325. The van der Waals surface area contributed by atoms with Crippen LogP contribution in [0.2, 0.25) is 0 Å². The second-order valence-electron chi connectivity index (χ2n) is 5.09. The lowest BCUT2D eigenvalue weighted by Gasteiger charge is -2.07. The third kappa shape index (κ3) is 2.95. The van der Waals surface area contributed by atoms with E-state index in [1.807, 2.05) is 4.57 Å². The number of nitrogens with zero attached hydrogens (tertiary/aromatic N) is 2. The van der Waals surface area contributed by atoms with Crippen molar-refractivity contribution < 1.29 is 14.3 Å². The van der Waals surface area contributed by atoms with E-state index < -0.39 is 5.97 Å². The summed E-state index contributed by atoms with van der Waals surface area (Å²) in [5, 5.41) is 9.46. The molecule has 1 aromatic carbocycles. The summed E-state index contributed by atoms with van der Waals surface area (Å²) in [5.41, 5.74) is 1.47. The van der Waals surface area contributed by atoms with E-state index in [1.54, 1.807) is 6.07 Å². The quantitative estimate of drug-likeness (QED) is 0.832. The van der Waals surface area contributed by atoms with Gasteiger partial charge in [-0.25, -0.2) is 9.37 Å². The third-order valence-electron chi connectivity index (χ3n) is 3.46. The van der Waals surface area contributed by atoms with Crippen LogP contribution in [0.1, 0.15) is 19.3 Å². The summed E-state index contributed by atoms with van der Waals surface area (Å²) in [6.45, 7) is 0.814. The number of carbonyl (C=O) groups is 1. The van der Waals surface area contributed by atoms with Crippen molar-refractivity contribution in [2.75, 3.05) is 5.75 Å². The van der Waals surface area contributed by atoms with Gasteiger partial charge in [-0.1, -0.05) is 24.6 Å². The molecule has 0 bridgehead atoms. The van der Waals surface area contributed by atoms with E-state index in [-0.39, 0.29) is 11.6 Å². The first-order chi connectivity index (χ1) is 9.63. The van der Waals surface area contributed by atoms with Crippen LogP contribution in [-0.4, -0.2) is 26.4 Å². The van der Waals surface area contributed by atoms with Crippen molar-refractivity contribution in [3.8, 4) is 0 Å². The molecular weight excluding hydrogens is 279 g/mol. The number of rotatable bonds is 6. The maximum atomic E-state index is 13.3. The van der Waals surface area contributed by atoms with Gasteiger partial charge in [-0.2, -0.15) is 0 Å². The molecule has 20 heavy (non-hydrogen) atoms. The summed E-state index contributed by atoms with van der Waals surface area (Å²) in [5.74, 6) is -0.443. The van der Waals surface area contributed by atoms with E-state index >= 15 is 0 Å². The minimum Gasteiger partial charge on any atom is -0.481 e. The number of hydrogen-bond donors (Lipinski definition) is 1. The average Bonchev–Trinajstić information content (AvgIpc) is 3.16. The molecule has 0 amide bonds. The second kappa shape index (κ2) is 5.44. The van der Waals surface area contributed by atoms with Crippen LogP contribution in [0, 0.1) is 11.7 Å². The fourth-order valence-corrected chi connectivity index (χ4v) is 3.01. The van der Waals surface area contributed by atoms with E-state index in [9.17, 15) is 9.18 Å². The molecule has 0 atom stereocenters. The maximum absolute atomic E-state index is 13.3. The Morgan fingerprint density at radius 3 is 3.00 bits per heavy atom. The Hall–Kier alpha value is -1.56. The normalized spacial score (nSPS) is 14.8. The fraction of sp³-hybridized carbons (Fsp3) is 0.429. The van der Waals surface area contributed by atoms with Crippen molar-refractivity contribution in [2.45, 2.75) is 31.0 Å². The number of benzene rings is 1. The predicted molar refractivity (Wildman–Crippen MR) is 75.4 cm³/mol. The molecule has 0 radical (unpaired) electrons. The smallest absolute Gasteiger partial charge is 0.313 e. The lowest BCUT2D eigenvalue weighted by atomic mass is 10.2. The predicted octanol–water partition coefficient (Wildman–Crippen LogP) is 3.15. The first-order valence-electron chi connectivity index (χ1n) is 6.64. The number of aliphatic carboxylic acids is 1. The number of hydrogen-bond acceptors (Lipinski definition) is 3. The van der Waals surface area contributed by atoms with E-state index in [4.69, 9.17) is 5.11 Å². The molecule has 3 rings (SSSR count). The fourth-order valence-electron chi connectivity index (χ4n) is 2.25. The highest BCUT2D eigenvalue weighted by Crippen LogP contribution is 2.34. The SMILES string of the molecule is O=C(O)CSc1nc2cc(F)ccc2n1CCC1CC1. The summed E-state index contributed by atoms with van der Waals surface area (Å²) in [4.78, 5) is 15.1. The van der Waals surface area contributed by atoms with Crippen molar-refractivity contribution >= 4 is 28.8 Å². The van der Waals surface area contributed by atoms with Crippen LogP contribution in [0.5, 0.6) is 0 Å². The van der Waals surface area contributed by atoms with Crippen LogP contribution >= 0.6 is 11.8 Å². The highest BCUT2D eigenvalue weighted by molar-refractivity contribution is 7.99. The van der Waals surface area contributed by atoms with Gasteiger partial charge < -0.3 is 9.67 Å². The Morgan fingerprint density at radius 1 is 1.50 bits per heavy atom. The van der Waals surface area contributed by atoms with Crippen LogP contribution in [-0.2, 0) is 11.3 Å². The standard InChI is InChI=1S/C14H15FN2O2S/c15-10-3-4-12-11(7-10)16-14(20-8-13(18)19)17(12)6-5-9-1-2-9/h3-4,7,9H,1-2,5-6,8H2,(H,18,19). The molecule has 1 fully saturated rings. The van der Waals surface area contributed by atoms with Gasteiger partial charge in [0.15, 0.2) is 5.16 Å². The van der Waals surface area contributed by atoms with E-state index in [0.717, 1.165) is 24.4 Å². The molecule has 0 spiro atoms. The highest BCUT2D eigenvalue weighted by atomic mass is 32.2. The van der Waals surface area contributed by atoms with Crippen LogP contribution < -0.4 is 0 Å². The molecule has 1 saturated carbocycles. The molecule has 4 nitrogen and oxygen atoms in total. The van der Waals surface area contributed by atoms with E-state index in [0.29, 0.717) is 10.7 Å². The van der Waals surface area contributed by atoms with Crippen molar-refractivity contribution in [3.63, 3.8) is 0 Å². The number of thioether (sulfide) groups is 1. The van der Waals surface area contributed by atoms with Gasteiger partial charge in [-0.3, -0.25) is 4.79 Å². The van der Waals surface area contributed by atoms with E-state index in [1.165, 1.54) is 36.7 Å². The molecule has 1 N–H and O–H groups in total. The third-order valence-corrected chi connectivity index (χ3v) is 4.42. The van der Waals surface area contributed by atoms with Gasteiger partial charge in [0, 0.05) is 12.6 Å². The van der Waals surface area contributed by atoms with Gasteiger partial charge in [0.25, 0.3) is 0 Å². The minimum atomic E-state index is -0.873. The zero-order valence-electron chi connectivity index (χ0n) is 10.9. The van der Waals surface area contributed by atoms with Crippen LogP contribution in [0.25, 0.3) is 11.0 Å². The van der Waals surface area contributed by atoms with Crippen LogP contribution in [0.3, 0.4) is 0 Å². The van der Waals surface area contributed by atoms with E-state index in [2.05, 4.69) is 4.98 Å². The summed E-state index contributed by atoms with van der Waals surface area (Å²) >= 11 is 1.19. The molecule has 6 heteroatoms. The Morgan fingerprint density at radius 2 is 2.30 bits per heavy atom. The number of halogens is 1. The van der Waals surface area contributed by atoms with Crippen molar-refractivity contribution in [1.29, 1.82) is 0 Å². The second-order valence-corrected chi connectivity index (χ2v) is 6.04. The molecule has 0 saturated heterocycles. The largest absolute Gasteiger partial charge is 0.481 e. The monoisotopic (exact) mass is 294 g/mol.